The van der Waals surface area contributed by atoms with Crippen LogP contribution in [0.4, 0.5) is 5.82 Å². The third-order valence-corrected chi connectivity index (χ3v) is 6.82. The zero-order valence-electron chi connectivity index (χ0n) is 15.9. The van der Waals surface area contributed by atoms with Crippen molar-refractivity contribution in [3.63, 3.8) is 0 Å². The van der Waals surface area contributed by atoms with E-state index in [1.807, 2.05) is 18.2 Å². The Bertz CT molecular complexity index is 1070. The van der Waals surface area contributed by atoms with Crippen molar-refractivity contribution in [2.75, 3.05) is 24.6 Å². The minimum atomic E-state index is -0.866. The van der Waals surface area contributed by atoms with Crippen molar-refractivity contribution >= 4 is 23.1 Å². The number of rotatable bonds is 3. The van der Waals surface area contributed by atoms with Crippen LogP contribution in [-0.4, -0.2) is 45.9 Å². The fraction of sp³-hybridized carbons (Fsp3) is 0.400. The number of aromatic nitrogens is 3. The molecule has 0 amide bonds. The molecule has 2 aliphatic heterocycles. The van der Waals surface area contributed by atoms with E-state index in [-0.39, 0.29) is 0 Å². The predicted molar refractivity (Wildman–Crippen MR) is 106 cm³/mol. The zero-order valence-corrected chi connectivity index (χ0v) is 16.7. The Kier molecular flexibility index (Phi) is 4.36. The molecule has 0 atom stereocenters. The minimum Gasteiger partial charge on any atom is -0.477 e. The molecule has 0 unspecified atom stereocenters. The highest BCUT2D eigenvalue weighted by molar-refractivity contribution is 7.14. The summed E-state index contributed by atoms with van der Waals surface area (Å²) in [6.45, 7) is 3.97. The van der Waals surface area contributed by atoms with E-state index in [2.05, 4.69) is 20.0 Å². The molecule has 8 nitrogen and oxygen atoms in total. The van der Waals surface area contributed by atoms with Gasteiger partial charge in [-0.15, -0.1) is 11.3 Å². The van der Waals surface area contributed by atoms with E-state index >= 15 is 0 Å². The fourth-order valence-corrected chi connectivity index (χ4v) is 5.24. The van der Waals surface area contributed by atoms with Gasteiger partial charge in [0.15, 0.2) is 5.82 Å². The molecule has 9 heteroatoms. The highest BCUT2D eigenvalue weighted by Gasteiger charge is 2.42. The van der Waals surface area contributed by atoms with Crippen LogP contribution in [0.1, 0.15) is 38.8 Å². The first-order valence-electron chi connectivity index (χ1n) is 9.56. The number of nitrogens with zero attached hydrogens (tertiary/aromatic N) is 4. The van der Waals surface area contributed by atoms with Crippen LogP contribution in [0.15, 0.2) is 28.9 Å². The van der Waals surface area contributed by atoms with Crippen molar-refractivity contribution in [1.82, 2.24) is 15.1 Å². The molecule has 0 aromatic carbocycles. The number of ether oxygens (including phenoxy) is 1. The average Bonchev–Trinajstić information content (AvgIpc) is 3.36. The van der Waals surface area contributed by atoms with Gasteiger partial charge in [0.05, 0.1) is 12.2 Å². The lowest BCUT2D eigenvalue weighted by Gasteiger charge is -2.44. The number of aryl methyl sites for hydroxylation is 1. The lowest BCUT2D eigenvalue weighted by atomic mass is 9.82. The van der Waals surface area contributed by atoms with Gasteiger partial charge in [-0.3, -0.25) is 0 Å². The maximum atomic E-state index is 11.4. The maximum Gasteiger partial charge on any atom is 0.345 e. The Morgan fingerprint density at radius 3 is 2.86 bits per heavy atom. The van der Waals surface area contributed by atoms with E-state index in [0.29, 0.717) is 23.2 Å². The maximum absolute atomic E-state index is 11.4. The normalized spacial score (nSPS) is 18.0. The van der Waals surface area contributed by atoms with Gasteiger partial charge in [-0.1, -0.05) is 5.16 Å². The van der Waals surface area contributed by atoms with Crippen molar-refractivity contribution in [3.8, 4) is 11.5 Å². The first-order chi connectivity index (χ1) is 14.0. The number of fused-ring (bicyclic) bond motifs is 2. The number of hydrogen-bond donors (Lipinski definition) is 1. The van der Waals surface area contributed by atoms with Gasteiger partial charge in [0, 0.05) is 36.1 Å². The van der Waals surface area contributed by atoms with Crippen LogP contribution < -0.4 is 4.90 Å². The molecular formula is C20H20N4O4S. The molecule has 1 fully saturated rings. The summed E-state index contributed by atoms with van der Waals surface area (Å²) in [5, 5.41) is 13.2. The predicted octanol–water partition coefficient (Wildman–Crippen LogP) is 3.27. The lowest BCUT2D eigenvalue weighted by Crippen LogP contribution is -2.46. The fourth-order valence-electron chi connectivity index (χ4n) is 4.17. The number of pyridine rings is 1. The standard InChI is InChI=1S/C20H20N4O4S/c1-12-22-18(28-23-12)13-2-6-21-17(10-13)24-7-4-20(5-8-24)14-11-16(19(25)26)29-15(14)3-9-27-20/h2,6,10-11H,3-5,7-9H2,1H3,(H,25,26). The molecule has 1 N–H and O–H groups in total. The molecule has 0 saturated carbocycles. The van der Waals surface area contributed by atoms with Crippen molar-refractivity contribution in [1.29, 1.82) is 0 Å². The second-order valence-electron chi connectivity index (χ2n) is 7.38. The zero-order chi connectivity index (χ0) is 20.0. The van der Waals surface area contributed by atoms with Crippen molar-refractivity contribution < 1.29 is 19.2 Å². The van der Waals surface area contributed by atoms with Gasteiger partial charge in [-0.25, -0.2) is 9.78 Å². The molecule has 1 saturated heterocycles. The Morgan fingerprint density at radius 1 is 1.31 bits per heavy atom. The van der Waals surface area contributed by atoms with E-state index < -0.39 is 11.6 Å². The average molecular weight is 412 g/mol. The summed E-state index contributed by atoms with van der Waals surface area (Å²) in [4.78, 5) is 24.0. The van der Waals surface area contributed by atoms with Gasteiger partial charge in [0.2, 0.25) is 0 Å². The summed E-state index contributed by atoms with van der Waals surface area (Å²) < 4.78 is 11.5. The largest absolute Gasteiger partial charge is 0.477 e. The quantitative estimate of drug-likeness (QED) is 0.699. The lowest BCUT2D eigenvalue weighted by molar-refractivity contribution is -0.0757. The van der Waals surface area contributed by atoms with E-state index in [4.69, 9.17) is 9.26 Å². The number of thiophene rings is 1. The summed E-state index contributed by atoms with van der Waals surface area (Å²) >= 11 is 1.38. The van der Waals surface area contributed by atoms with Crippen LogP contribution in [0.2, 0.25) is 0 Å². The monoisotopic (exact) mass is 412 g/mol. The Balaban J connectivity index is 1.37. The van der Waals surface area contributed by atoms with Crippen LogP contribution in [0.5, 0.6) is 0 Å². The van der Waals surface area contributed by atoms with Gasteiger partial charge in [-0.2, -0.15) is 4.98 Å². The van der Waals surface area contributed by atoms with E-state index in [0.717, 1.165) is 54.2 Å². The van der Waals surface area contributed by atoms with Crippen LogP contribution >= 0.6 is 11.3 Å². The smallest absolute Gasteiger partial charge is 0.345 e. The third kappa shape index (κ3) is 3.20. The highest BCUT2D eigenvalue weighted by atomic mass is 32.1. The van der Waals surface area contributed by atoms with E-state index in [9.17, 15) is 9.90 Å². The third-order valence-electron chi connectivity index (χ3n) is 5.63. The summed E-state index contributed by atoms with van der Waals surface area (Å²) in [7, 11) is 0. The summed E-state index contributed by atoms with van der Waals surface area (Å²) in [5.74, 6) is 1.08. The summed E-state index contributed by atoms with van der Waals surface area (Å²) in [6, 6.07) is 5.64. The molecule has 0 aliphatic carbocycles. The van der Waals surface area contributed by atoms with Crippen LogP contribution in [-0.2, 0) is 16.8 Å². The SMILES string of the molecule is Cc1noc(-c2ccnc(N3CCC4(CC3)OCCc3sc(C(=O)O)cc34)c2)n1. The van der Waals surface area contributed by atoms with Gasteiger partial charge >= 0.3 is 5.97 Å². The molecular weight excluding hydrogens is 392 g/mol. The number of piperidine rings is 1. The van der Waals surface area contributed by atoms with E-state index in [1.165, 1.54) is 11.3 Å². The van der Waals surface area contributed by atoms with E-state index in [1.54, 1.807) is 13.1 Å². The second-order valence-corrected chi connectivity index (χ2v) is 8.52. The first kappa shape index (κ1) is 18.3. The topological polar surface area (TPSA) is 102 Å². The first-order valence-corrected chi connectivity index (χ1v) is 10.4. The van der Waals surface area contributed by atoms with Crippen LogP contribution in [0.25, 0.3) is 11.5 Å². The second kappa shape index (κ2) is 6.93. The number of anilines is 1. The molecule has 3 aromatic heterocycles. The molecule has 0 radical (unpaired) electrons. The number of carbonyl (C=O) groups is 1. The van der Waals surface area contributed by atoms with Crippen LogP contribution in [0.3, 0.4) is 0 Å². The van der Waals surface area contributed by atoms with Crippen molar-refractivity contribution in [3.05, 3.63) is 45.5 Å². The molecule has 1 spiro atoms. The Hall–Kier alpha value is -2.78. The molecule has 0 bridgehead atoms. The number of carboxylic acid groups (broad SMARTS) is 1. The number of hydrogen-bond acceptors (Lipinski definition) is 8. The van der Waals surface area contributed by atoms with Gasteiger partial charge < -0.3 is 19.3 Å². The van der Waals surface area contributed by atoms with Crippen molar-refractivity contribution in [2.24, 2.45) is 0 Å². The highest BCUT2D eigenvalue weighted by Crippen LogP contribution is 2.45. The van der Waals surface area contributed by atoms with Gasteiger partial charge in [0.25, 0.3) is 5.89 Å². The summed E-state index contributed by atoms with van der Waals surface area (Å²) in [6.07, 6.45) is 4.12. The molecule has 5 rings (SSSR count). The van der Waals surface area contributed by atoms with Gasteiger partial charge in [-0.05, 0) is 43.5 Å². The molecule has 150 valence electrons. The summed E-state index contributed by atoms with van der Waals surface area (Å²) in [5.41, 5.74) is 1.51. The minimum absolute atomic E-state index is 0.393. The molecule has 29 heavy (non-hydrogen) atoms. The van der Waals surface area contributed by atoms with Crippen LogP contribution in [0, 0.1) is 6.92 Å². The Labute approximate surface area is 171 Å². The number of carboxylic acids is 1. The molecule has 2 aliphatic rings. The molecule has 5 heterocycles. The molecule has 3 aromatic rings. The van der Waals surface area contributed by atoms with Crippen molar-refractivity contribution in [2.45, 2.75) is 31.8 Å². The Morgan fingerprint density at radius 2 is 2.14 bits per heavy atom. The number of aromatic carboxylic acids is 1. The van der Waals surface area contributed by atoms with Gasteiger partial charge in [0.1, 0.15) is 10.7 Å².